The number of likely N-dealkylation sites (tertiary alicyclic amines) is 1. The van der Waals surface area contributed by atoms with Crippen molar-refractivity contribution in [2.75, 3.05) is 25.0 Å². The van der Waals surface area contributed by atoms with Gasteiger partial charge in [-0.1, -0.05) is 0 Å². The van der Waals surface area contributed by atoms with Crippen LogP contribution in [-0.2, 0) is 11.8 Å². The number of nitrogens with zero attached hydrogens (tertiary/aromatic N) is 5. The first-order valence-corrected chi connectivity index (χ1v) is 9.32. The molecule has 4 rings (SSSR count). The van der Waals surface area contributed by atoms with Crippen molar-refractivity contribution in [1.29, 1.82) is 0 Å². The van der Waals surface area contributed by atoms with Crippen molar-refractivity contribution >= 4 is 11.9 Å². The van der Waals surface area contributed by atoms with Gasteiger partial charge in [-0.2, -0.15) is 13.2 Å². The fourth-order valence-corrected chi connectivity index (χ4v) is 4.25. The van der Waals surface area contributed by atoms with Crippen LogP contribution in [-0.4, -0.2) is 57.7 Å². The van der Waals surface area contributed by atoms with Crippen LogP contribution in [0.5, 0.6) is 0 Å². The molecule has 1 saturated heterocycles. The normalized spacial score (nSPS) is 22.7. The second kappa shape index (κ2) is 7.06. The SMILES string of the molecule is CN(c1nc(-c2ccncc2F)cc(=O)n1C)C1C2CN(C(=O)CC(F)(F)F)CC21. The van der Waals surface area contributed by atoms with Crippen LogP contribution in [0.15, 0.2) is 29.3 Å². The zero-order valence-corrected chi connectivity index (χ0v) is 16.2. The summed E-state index contributed by atoms with van der Waals surface area (Å²) in [5, 5.41) is 0. The first kappa shape index (κ1) is 20.3. The number of piperidine rings is 1. The van der Waals surface area contributed by atoms with Gasteiger partial charge in [-0.3, -0.25) is 19.1 Å². The minimum Gasteiger partial charge on any atom is -0.342 e. The molecule has 2 fully saturated rings. The standard InChI is InChI=1S/C19H19F4N5O2/c1-26-15(29)5-14(10-3-4-24-7-13(10)20)25-18(26)27(2)17-11-8-28(9-12(11)17)16(30)6-19(21,22)23/h3-5,7,11-12,17H,6,8-9H2,1-2H3. The average molecular weight is 425 g/mol. The van der Waals surface area contributed by atoms with Crippen molar-refractivity contribution in [3.05, 3.63) is 40.7 Å². The second-order valence-electron chi connectivity index (χ2n) is 7.71. The molecule has 30 heavy (non-hydrogen) atoms. The van der Waals surface area contributed by atoms with E-state index in [1.165, 1.54) is 27.8 Å². The Morgan fingerprint density at radius 3 is 2.57 bits per heavy atom. The molecule has 160 valence electrons. The van der Waals surface area contributed by atoms with E-state index in [1.807, 2.05) is 0 Å². The van der Waals surface area contributed by atoms with E-state index < -0.39 is 24.3 Å². The molecule has 1 aliphatic heterocycles. The van der Waals surface area contributed by atoms with Crippen molar-refractivity contribution in [3.63, 3.8) is 0 Å². The van der Waals surface area contributed by atoms with Crippen molar-refractivity contribution in [1.82, 2.24) is 19.4 Å². The Labute approximate surface area is 169 Å². The molecule has 1 amide bonds. The number of hydrogen-bond donors (Lipinski definition) is 0. The summed E-state index contributed by atoms with van der Waals surface area (Å²) in [6.45, 7) is 0.475. The Morgan fingerprint density at radius 2 is 1.97 bits per heavy atom. The summed E-state index contributed by atoms with van der Waals surface area (Å²) in [7, 11) is 3.28. The van der Waals surface area contributed by atoms with E-state index in [4.69, 9.17) is 0 Å². The highest BCUT2D eigenvalue weighted by Crippen LogP contribution is 2.49. The highest BCUT2D eigenvalue weighted by Gasteiger charge is 2.59. The van der Waals surface area contributed by atoms with E-state index in [0.29, 0.717) is 5.95 Å². The Morgan fingerprint density at radius 1 is 1.30 bits per heavy atom. The molecule has 2 aromatic rings. The van der Waals surface area contributed by atoms with E-state index in [2.05, 4.69) is 9.97 Å². The number of amides is 1. The molecule has 3 heterocycles. The smallest absolute Gasteiger partial charge is 0.342 e. The predicted molar refractivity (Wildman–Crippen MR) is 99.1 cm³/mol. The zero-order valence-electron chi connectivity index (χ0n) is 16.2. The molecule has 0 radical (unpaired) electrons. The third-order valence-corrected chi connectivity index (χ3v) is 5.78. The Hall–Kier alpha value is -2.98. The lowest BCUT2D eigenvalue weighted by molar-refractivity contribution is -0.161. The molecule has 2 unspecified atom stereocenters. The lowest BCUT2D eigenvalue weighted by Crippen LogP contribution is -2.39. The molecular weight excluding hydrogens is 406 g/mol. The van der Waals surface area contributed by atoms with Crippen LogP contribution in [0, 0.1) is 17.7 Å². The number of hydrogen-bond acceptors (Lipinski definition) is 5. The highest BCUT2D eigenvalue weighted by molar-refractivity contribution is 5.77. The lowest BCUT2D eigenvalue weighted by Gasteiger charge is -2.26. The fourth-order valence-electron chi connectivity index (χ4n) is 4.25. The summed E-state index contributed by atoms with van der Waals surface area (Å²) in [5.74, 6) is -1.19. The van der Waals surface area contributed by atoms with Gasteiger partial charge in [-0.05, 0) is 6.07 Å². The average Bonchev–Trinajstić information content (AvgIpc) is 3.15. The van der Waals surface area contributed by atoms with Crippen molar-refractivity contribution < 1.29 is 22.4 Å². The Balaban J connectivity index is 1.52. The fraction of sp³-hybridized carbons (Fsp3) is 0.474. The summed E-state index contributed by atoms with van der Waals surface area (Å²) < 4.78 is 52.8. The molecule has 0 spiro atoms. The van der Waals surface area contributed by atoms with E-state index in [9.17, 15) is 27.2 Å². The van der Waals surface area contributed by atoms with Crippen molar-refractivity contribution in [2.45, 2.75) is 18.6 Å². The minimum absolute atomic E-state index is 0.00500. The highest BCUT2D eigenvalue weighted by atomic mass is 19.4. The Bertz CT molecular complexity index is 1040. The molecule has 2 aliphatic rings. The zero-order chi connectivity index (χ0) is 21.8. The Kier molecular flexibility index (Phi) is 4.78. The van der Waals surface area contributed by atoms with Gasteiger partial charge in [-0.15, -0.1) is 0 Å². The van der Waals surface area contributed by atoms with E-state index in [-0.39, 0.29) is 47.8 Å². The summed E-state index contributed by atoms with van der Waals surface area (Å²) in [4.78, 5) is 35.4. The predicted octanol–water partition coefficient (Wildman–Crippen LogP) is 1.83. The number of aromatic nitrogens is 3. The van der Waals surface area contributed by atoms with Crippen molar-refractivity contribution in [2.24, 2.45) is 18.9 Å². The maximum absolute atomic E-state index is 14.1. The van der Waals surface area contributed by atoms with Crippen LogP contribution in [0.2, 0.25) is 0 Å². The van der Waals surface area contributed by atoms with Gasteiger partial charge < -0.3 is 9.80 Å². The summed E-state index contributed by atoms with van der Waals surface area (Å²) in [6, 6.07) is 2.60. The molecule has 0 bridgehead atoms. The lowest BCUT2D eigenvalue weighted by atomic mass is 10.2. The molecule has 2 aromatic heterocycles. The van der Waals surface area contributed by atoms with Gasteiger partial charge >= 0.3 is 6.18 Å². The topological polar surface area (TPSA) is 71.3 Å². The number of alkyl halides is 3. The molecule has 11 heteroatoms. The quantitative estimate of drug-likeness (QED) is 0.699. The number of carbonyl (C=O) groups is 1. The third kappa shape index (κ3) is 3.63. The van der Waals surface area contributed by atoms with Crippen LogP contribution >= 0.6 is 0 Å². The molecular formula is C19H19F4N5O2. The number of carbonyl (C=O) groups excluding carboxylic acids is 1. The van der Waals surface area contributed by atoms with Gasteiger partial charge in [0.15, 0.2) is 5.82 Å². The molecule has 2 atom stereocenters. The first-order chi connectivity index (χ1) is 14.1. The number of pyridine rings is 1. The number of halogens is 4. The number of anilines is 1. The molecule has 0 N–H and O–H groups in total. The molecule has 7 nitrogen and oxygen atoms in total. The second-order valence-corrected chi connectivity index (χ2v) is 7.71. The molecule has 1 aliphatic carbocycles. The summed E-state index contributed by atoms with van der Waals surface area (Å²) >= 11 is 0. The maximum atomic E-state index is 14.1. The van der Waals surface area contributed by atoms with Crippen LogP contribution in [0.3, 0.4) is 0 Å². The van der Waals surface area contributed by atoms with Crippen LogP contribution < -0.4 is 10.5 Å². The monoisotopic (exact) mass is 425 g/mol. The van der Waals surface area contributed by atoms with Crippen LogP contribution in [0.4, 0.5) is 23.5 Å². The van der Waals surface area contributed by atoms with Crippen molar-refractivity contribution in [3.8, 4) is 11.3 Å². The summed E-state index contributed by atoms with van der Waals surface area (Å²) in [5.41, 5.74) is -0.0456. The number of fused-ring (bicyclic) bond motifs is 1. The third-order valence-electron chi connectivity index (χ3n) is 5.78. The first-order valence-electron chi connectivity index (χ1n) is 9.32. The van der Waals surface area contributed by atoms with Gasteiger partial charge in [0.25, 0.3) is 5.56 Å². The largest absolute Gasteiger partial charge is 0.397 e. The summed E-state index contributed by atoms with van der Waals surface area (Å²) in [6.07, 6.45) is -3.54. The van der Waals surface area contributed by atoms with Crippen LogP contribution in [0.1, 0.15) is 6.42 Å². The van der Waals surface area contributed by atoms with Gasteiger partial charge in [0.2, 0.25) is 11.9 Å². The van der Waals surface area contributed by atoms with Gasteiger partial charge in [-0.25, -0.2) is 9.37 Å². The van der Waals surface area contributed by atoms with Gasteiger partial charge in [0.1, 0.15) is 6.42 Å². The maximum Gasteiger partial charge on any atom is 0.397 e. The van der Waals surface area contributed by atoms with Gasteiger partial charge in [0.05, 0.1) is 11.9 Å². The van der Waals surface area contributed by atoms with E-state index >= 15 is 0 Å². The van der Waals surface area contributed by atoms with Crippen LogP contribution in [0.25, 0.3) is 11.3 Å². The minimum atomic E-state index is -4.52. The molecule has 0 aromatic carbocycles. The van der Waals surface area contributed by atoms with Gasteiger partial charge in [0, 0.05) is 62.9 Å². The molecule has 1 saturated carbocycles. The number of rotatable bonds is 4. The van der Waals surface area contributed by atoms with E-state index in [0.717, 1.165) is 6.20 Å². The van der Waals surface area contributed by atoms with E-state index in [1.54, 1.807) is 19.0 Å².